The molecule has 2 rings (SSSR count). The summed E-state index contributed by atoms with van der Waals surface area (Å²) < 4.78 is 12.4. The normalized spacial score (nSPS) is 10.5. The van der Waals surface area contributed by atoms with Crippen molar-refractivity contribution in [3.63, 3.8) is 0 Å². The molecule has 1 aromatic carbocycles. The van der Waals surface area contributed by atoms with Crippen molar-refractivity contribution in [3.05, 3.63) is 29.5 Å². The van der Waals surface area contributed by atoms with Crippen molar-refractivity contribution in [3.8, 4) is 5.75 Å². The van der Waals surface area contributed by atoms with Crippen molar-refractivity contribution in [1.29, 1.82) is 0 Å². The first-order chi connectivity index (χ1) is 10.5. The van der Waals surface area contributed by atoms with Gasteiger partial charge in [0.2, 0.25) is 0 Å². The monoisotopic (exact) mass is 305 g/mol. The molecule has 0 aliphatic carbocycles. The number of amides is 1. The molecule has 3 N–H and O–H groups in total. The predicted molar refractivity (Wildman–Crippen MR) is 81.4 cm³/mol. The van der Waals surface area contributed by atoms with Crippen LogP contribution in [0.2, 0.25) is 0 Å². The molecule has 2 aromatic rings. The van der Waals surface area contributed by atoms with Gasteiger partial charge in [-0.2, -0.15) is 0 Å². The SMILES string of the molecule is CCOC(=O)c1c(C)n(C)c2ccc(OCC(=O)NN)cc12. The van der Waals surface area contributed by atoms with E-state index < -0.39 is 5.91 Å². The highest BCUT2D eigenvalue weighted by molar-refractivity contribution is 6.06. The van der Waals surface area contributed by atoms with E-state index in [0.29, 0.717) is 17.9 Å². The predicted octanol–water partition coefficient (Wildman–Crippen LogP) is 1.03. The minimum Gasteiger partial charge on any atom is -0.484 e. The van der Waals surface area contributed by atoms with Crippen molar-refractivity contribution < 1.29 is 19.1 Å². The van der Waals surface area contributed by atoms with E-state index in [-0.39, 0.29) is 12.6 Å². The van der Waals surface area contributed by atoms with Crippen molar-refractivity contribution in [2.45, 2.75) is 13.8 Å². The highest BCUT2D eigenvalue weighted by Gasteiger charge is 2.20. The quantitative estimate of drug-likeness (QED) is 0.372. The number of hydrogen-bond donors (Lipinski definition) is 2. The van der Waals surface area contributed by atoms with Gasteiger partial charge in [0.15, 0.2) is 6.61 Å². The van der Waals surface area contributed by atoms with Crippen LogP contribution in [0.25, 0.3) is 10.9 Å². The zero-order valence-electron chi connectivity index (χ0n) is 12.8. The second-order valence-corrected chi connectivity index (χ2v) is 4.78. The van der Waals surface area contributed by atoms with Gasteiger partial charge in [-0.05, 0) is 32.0 Å². The maximum atomic E-state index is 12.2. The summed E-state index contributed by atoms with van der Waals surface area (Å²) in [5.74, 6) is 4.67. The fraction of sp³-hybridized carbons (Fsp3) is 0.333. The number of fused-ring (bicyclic) bond motifs is 1. The zero-order chi connectivity index (χ0) is 16.3. The van der Waals surface area contributed by atoms with E-state index in [1.807, 2.05) is 30.0 Å². The number of benzene rings is 1. The molecule has 0 radical (unpaired) electrons. The molecule has 0 aliphatic rings. The van der Waals surface area contributed by atoms with Gasteiger partial charge in [0.25, 0.3) is 5.91 Å². The molecule has 1 heterocycles. The summed E-state index contributed by atoms with van der Waals surface area (Å²) in [6.45, 7) is 3.73. The van der Waals surface area contributed by atoms with Crippen LogP contribution in [-0.4, -0.2) is 29.7 Å². The van der Waals surface area contributed by atoms with E-state index in [2.05, 4.69) is 0 Å². The summed E-state index contributed by atoms with van der Waals surface area (Å²) in [5.41, 5.74) is 4.19. The third-order valence-electron chi connectivity index (χ3n) is 3.47. The summed E-state index contributed by atoms with van der Waals surface area (Å²) in [7, 11) is 1.88. The Balaban J connectivity index is 2.43. The van der Waals surface area contributed by atoms with E-state index in [1.54, 1.807) is 19.1 Å². The number of hydrogen-bond acceptors (Lipinski definition) is 5. The number of ether oxygens (including phenoxy) is 2. The number of carbonyl (C=O) groups is 2. The molecular weight excluding hydrogens is 286 g/mol. The zero-order valence-corrected chi connectivity index (χ0v) is 12.8. The smallest absolute Gasteiger partial charge is 0.340 e. The lowest BCUT2D eigenvalue weighted by Gasteiger charge is -2.06. The van der Waals surface area contributed by atoms with Crippen molar-refractivity contribution in [1.82, 2.24) is 9.99 Å². The number of nitrogens with one attached hydrogen (secondary N) is 1. The summed E-state index contributed by atoms with van der Waals surface area (Å²) >= 11 is 0. The van der Waals surface area contributed by atoms with Gasteiger partial charge in [0, 0.05) is 23.6 Å². The molecule has 0 fully saturated rings. The fourth-order valence-electron chi connectivity index (χ4n) is 2.29. The molecular formula is C15H19N3O4. The molecule has 0 saturated heterocycles. The van der Waals surface area contributed by atoms with Crippen molar-refractivity contribution in [2.75, 3.05) is 13.2 Å². The number of aryl methyl sites for hydroxylation is 1. The van der Waals surface area contributed by atoms with Crippen LogP contribution in [0.4, 0.5) is 0 Å². The largest absolute Gasteiger partial charge is 0.484 e. The molecule has 0 atom stereocenters. The van der Waals surface area contributed by atoms with Crippen molar-refractivity contribution >= 4 is 22.8 Å². The number of hydrazine groups is 1. The Labute approximate surface area is 127 Å². The van der Waals surface area contributed by atoms with E-state index >= 15 is 0 Å². The second-order valence-electron chi connectivity index (χ2n) is 4.78. The van der Waals surface area contributed by atoms with Gasteiger partial charge in [0.05, 0.1) is 12.2 Å². The number of carbonyl (C=O) groups excluding carboxylic acids is 2. The number of aromatic nitrogens is 1. The van der Waals surface area contributed by atoms with Crippen LogP contribution >= 0.6 is 0 Å². The topological polar surface area (TPSA) is 95.6 Å². The summed E-state index contributed by atoms with van der Waals surface area (Å²) in [6.07, 6.45) is 0. The summed E-state index contributed by atoms with van der Waals surface area (Å²) in [6, 6.07) is 5.29. The molecule has 0 aliphatic heterocycles. The lowest BCUT2D eigenvalue weighted by Crippen LogP contribution is -2.34. The molecule has 1 amide bonds. The maximum absolute atomic E-state index is 12.2. The summed E-state index contributed by atoms with van der Waals surface area (Å²) in [4.78, 5) is 23.3. The highest BCUT2D eigenvalue weighted by atomic mass is 16.5. The first kappa shape index (κ1) is 15.8. The average molecular weight is 305 g/mol. The molecule has 7 heteroatoms. The third kappa shape index (κ3) is 2.89. The Morgan fingerprint density at radius 1 is 1.36 bits per heavy atom. The van der Waals surface area contributed by atoms with Crippen LogP contribution in [-0.2, 0) is 16.6 Å². The van der Waals surface area contributed by atoms with E-state index in [1.165, 1.54) is 0 Å². The fourth-order valence-corrected chi connectivity index (χ4v) is 2.29. The molecule has 7 nitrogen and oxygen atoms in total. The average Bonchev–Trinajstić information content (AvgIpc) is 2.76. The number of nitrogens with two attached hydrogens (primary N) is 1. The minimum atomic E-state index is -0.435. The van der Waals surface area contributed by atoms with Gasteiger partial charge in [-0.3, -0.25) is 10.2 Å². The number of rotatable bonds is 5. The molecule has 1 aromatic heterocycles. The van der Waals surface area contributed by atoms with E-state index in [4.69, 9.17) is 15.3 Å². The number of esters is 1. The molecule has 118 valence electrons. The van der Waals surface area contributed by atoms with E-state index in [0.717, 1.165) is 16.6 Å². The Bertz CT molecular complexity index is 721. The minimum absolute atomic E-state index is 0.192. The van der Waals surface area contributed by atoms with E-state index in [9.17, 15) is 9.59 Å². The Morgan fingerprint density at radius 2 is 2.09 bits per heavy atom. The Hall–Kier alpha value is -2.54. The van der Waals surface area contributed by atoms with Crippen molar-refractivity contribution in [2.24, 2.45) is 12.9 Å². The van der Waals surface area contributed by atoms with Gasteiger partial charge in [-0.25, -0.2) is 10.6 Å². The van der Waals surface area contributed by atoms with Crippen LogP contribution in [0.1, 0.15) is 23.0 Å². The number of nitrogens with zero attached hydrogens (tertiary/aromatic N) is 1. The first-order valence-electron chi connectivity index (χ1n) is 6.88. The molecule has 0 bridgehead atoms. The molecule has 22 heavy (non-hydrogen) atoms. The van der Waals surface area contributed by atoms with Crippen LogP contribution < -0.4 is 16.0 Å². The second kappa shape index (κ2) is 6.48. The molecule has 0 spiro atoms. The molecule has 0 saturated carbocycles. The maximum Gasteiger partial charge on any atom is 0.340 e. The standard InChI is InChI=1S/C15H19N3O4/c1-4-21-15(20)14-9(2)18(3)12-6-5-10(7-11(12)14)22-8-13(19)17-16/h5-7H,4,8,16H2,1-3H3,(H,17,19). The van der Waals surface area contributed by atoms with Gasteiger partial charge in [-0.15, -0.1) is 0 Å². The highest BCUT2D eigenvalue weighted by Crippen LogP contribution is 2.29. The Kier molecular flexibility index (Phi) is 4.67. The van der Waals surface area contributed by atoms with Gasteiger partial charge in [0.1, 0.15) is 5.75 Å². The third-order valence-corrected chi connectivity index (χ3v) is 3.47. The van der Waals surface area contributed by atoms with Gasteiger partial charge in [-0.1, -0.05) is 0 Å². The van der Waals surface area contributed by atoms with Crippen LogP contribution in [0, 0.1) is 6.92 Å². The Morgan fingerprint density at radius 3 is 2.73 bits per heavy atom. The van der Waals surface area contributed by atoms with Gasteiger partial charge >= 0.3 is 5.97 Å². The van der Waals surface area contributed by atoms with Gasteiger partial charge < -0.3 is 14.0 Å². The van der Waals surface area contributed by atoms with Crippen LogP contribution in [0.15, 0.2) is 18.2 Å². The lowest BCUT2D eigenvalue weighted by atomic mass is 10.1. The van der Waals surface area contributed by atoms with Crippen LogP contribution in [0.5, 0.6) is 5.75 Å². The molecule has 0 unspecified atom stereocenters. The van der Waals surface area contributed by atoms with Crippen LogP contribution in [0.3, 0.4) is 0 Å². The summed E-state index contributed by atoms with van der Waals surface area (Å²) in [5, 5.41) is 0.726. The lowest BCUT2D eigenvalue weighted by molar-refractivity contribution is -0.123. The first-order valence-corrected chi connectivity index (χ1v) is 6.88.